The summed E-state index contributed by atoms with van der Waals surface area (Å²) in [4.78, 5) is 29.8. The summed E-state index contributed by atoms with van der Waals surface area (Å²) >= 11 is 1.30. The first-order chi connectivity index (χ1) is 15.0. The van der Waals surface area contributed by atoms with Crippen molar-refractivity contribution in [2.45, 2.75) is 20.4 Å². The summed E-state index contributed by atoms with van der Waals surface area (Å²) in [5, 5.41) is 0. The predicted molar refractivity (Wildman–Crippen MR) is 117 cm³/mol. The first-order valence-electron chi connectivity index (χ1n) is 9.74. The molecule has 0 radical (unpaired) electrons. The molecule has 1 heterocycles. The van der Waals surface area contributed by atoms with Gasteiger partial charge in [-0.15, -0.1) is 0 Å². The summed E-state index contributed by atoms with van der Waals surface area (Å²) in [6.45, 7) is 4.26. The van der Waals surface area contributed by atoms with Gasteiger partial charge < -0.3 is 23.5 Å². The molecule has 0 saturated carbocycles. The van der Waals surface area contributed by atoms with Crippen molar-refractivity contribution in [2.75, 3.05) is 27.4 Å². The van der Waals surface area contributed by atoms with Gasteiger partial charge in [-0.3, -0.25) is 9.59 Å². The molecule has 1 amide bonds. The number of nitrogens with zero attached hydrogens (tertiary/aromatic N) is 2. The van der Waals surface area contributed by atoms with Gasteiger partial charge >= 0.3 is 5.97 Å². The largest absolute Gasteiger partial charge is 0.493 e. The van der Waals surface area contributed by atoms with Crippen molar-refractivity contribution in [3.8, 4) is 17.2 Å². The number of rotatable bonds is 8. The maximum Gasteiger partial charge on any atom is 0.326 e. The van der Waals surface area contributed by atoms with Gasteiger partial charge in [0.1, 0.15) is 17.8 Å². The number of ether oxygens (including phenoxy) is 4. The van der Waals surface area contributed by atoms with Crippen molar-refractivity contribution in [3.05, 3.63) is 46.8 Å². The number of thiazole rings is 1. The van der Waals surface area contributed by atoms with Crippen LogP contribution in [0.1, 0.15) is 24.2 Å². The van der Waals surface area contributed by atoms with Crippen LogP contribution in [0.2, 0.25) is 0 Å². The fourth-order valence-corrected chi connectivity index (χ4v) is 4.10. The van der Waals surface area contributed by atoms with Gasteiger partial charge in [0.05, 0.1) is 32.1 Å². The van der Waals surface area contributed by atoms with Gasteiger partial charge in [-0.1, -0.05) is 17.4 Å². The average molecular weight is 445 g/mol. The van der Waals surface area contributed by atoms with Gasteiger partial charge in [-0.2, -0.15) is 4.99 Å². The van der Waals surface area contributed by atoms with E-state index in [9.17, 15) is 9.59 Å². The minimum absolute atomic E-state index is 0.0873. The smallest absolute Gasteiger partial charge is 0.326 e. The lowest BCUT2D eigenvalue weighted by atomic mass is 10.2. The molecular weight excluding hydrogens is 420 g/mol. The minimum Gasteiger partial charge on any atom is -0.493 e. The van der Waals surface area contributed by atoms with Crippen molar-refractivity contribution < 1.29 is 28.5 Å². The van der Waals surface area contributed by atoms with E-state index in [0.29, 0.717) is 39.7 Å². The third-order valence-electron chi connectivity index (χ3n) is 4.38. The number of esters is 1. The number of methoxy groups -OCH3 is 2. The summed E-state index contributed by atoms with van der Waals surface area (Å²) in [7, 11) is 3.02. The molecule has 31 heavy (non-hydrogen) atoms. The third kappa shape index (κ3) is 4.88. The topological polar surface area (TPSA) is 88.4 Å². The van der Waals surface area contributed by atoms with Crippen LogP contribution in [0, 0.1) is 0 Å². The zero-order valence-corrected chi connectivity index (χ0v) is 18.7. The summed E-state index contributed by atoms with van der Waals surface area (Å²) in [6, 6.07) is 10.4. The fourth-order valence-electron chi connectivity index (χ4n) is 3.06. The van der Waals surface area contributed by atoms with Crippen molar-refractivity contribution in [3.63, 3.8) is 0 Å². The van der Waals surface area contributed by atoms with E-state index in [1.807, 2.05) is 25.1 Å². The summed E-state index contributed by atoms with van der Waals surface area (Å²) < 4.78 is 23.8. The molecule has 0 saturated heterocycles. The molecule has 0 aliphatic heterocycles. The molecular formula is C22H24N2O6S. The van der Waals surface area contributed by atoms with Crippen LogP contribution in [0.5, 0.6) is 17.2 Å². The number of para-hydroxylation sites is 1. The first kappa shape index (κ1) is 22.4. The Labute approximate surface area is 183 Å². The lowest BCUT2D eigenvalue weighted by Crippen LogP contribution is -2.23. The molecule has 0 N–H and O–H groups in total. The van der Waals surface area contributed by atoms with Crippen LogP contribution in [0.3, 0.4) is 0 Å². The quantitative estimate of drug-likeness (QED) is 0.495. The molecule has 3 rings (SSSR count). The second-order valence-electron chi connectivity index (χ2n) is 6.30. The van der Waals surface area contributed by atoms with Crippen molar-refractivity contribution >= 4 is 33.4 Å². The number of hydrogen-bond acceptors (Lipinski definition) is 7. The highest BCUT2D eigenvalue weighted by molar-refractivity contribution is 7.16. The van der Waals surface area contributed by atoms with Gasteiger partial charge in [0.25, 0.3) is 5.91 Å². The second kappa shape index (κ2) is 10.1. The Morgan fingerprint density at radius 3 is 2.45 bits per heavy atom. The zero-order chi connectivity index (χ0) is 22.4. The Hall–Kier alpha value is -3.33. The van der Waals surface area contributed by atoms with Crippen LogP contribution >= 0.6 is 11.3 Å². The van der Waals surface area contributed by atoms with Crippen LogP contribution in [0.15, 0.2) is 41.4 Å². The van der Waals surface area contributed by atoms with Gasteiger partial charge in [-0.25, -0.2) is 0 Å². The number of aromatic nitrogens is 1. The summed E-state index contributed by atoms with van der Waals surface area (Å²) in [6.07, 6.45) is 0. The number of carbonyl (C=O) groups is 2. The molecule has 0 aliphatic carbocycles. The van der Waals surface area contributed by atoms with Gasteiger partial charge in [0.15, 0.2) is 16.3 Å². The highest BCUT2D eigenvalue weighted by atomic mass is 32.1. The molecule has 0 bridgehead atoms. The first-order valence-corrected chi connectivity index (χ1v) is 10.6. The molecule has 1 aromatic heterocycles. The number of hydrogen-bond donors (Lipinski definition) is 0. The Bertz CT molecular complexity index is 1160. The van der Waals surface area contributed by atoms with Crippen molar-refractivity contribution in [1.29, 1.82) is 0 Å². The third-order valence-corrected chi connectivity index (χ3v) is 5.43. The van der Waals surface area contributed by atoms with E-state index in [1.165, 1.54) is 25.6 Å². The molecule has 2 aromatic carbocycles. The van der Waals surface area contributed by atoms with Gasteiger partial charge in [0.2, 0.25) is 0 Å². The van der Waals surface area contributed by atoms with Crippen LogP contribution < -0.4 is 19.0 Å². The fraction of sp³-hybridized carbons (Fsp3) is 0.318. The molecule has 8 nitrogen and oxygen atoms in total. The molecule has 9 heteroatoms. The SMILES string of the molecule is CCOC(=O)Cn1c(=NC(=O)c2ccc(OC)c(OC)c2)sc2cccc(OCC)c21. The number of amides is 1. The van der Waals surface area contributed by atoms with Crippen LogP contribution in [-0.2, 0) is 16.1 Å². The number of fused-ring (bicyclic) bond motifs is 1. The van der Waals surface area contributed by atoms with E-state index >= 15 is 0 Å². The van der Waals surface area contributed by atoms with E-state index in [1.54, 1.807) is 29.7 Å². The molecule has 164 valence electrons. The monoisotopic (exact) mass is 444 g/mol. The number of benzene rings is 2. The lowest BCUT2D eigenvalue weighted by molar-refractivity contribution is -0.143. The Balaban J connectivity index is 2.13. The normalized spacial score (nSPS) is 11.4. The molecule has 0 unspecified atom stereocenters. The van der Waals surface area contributed by atoms with Crippen LogP contribution in [-0.4, -0.2) is 43.9 Å². The van der Waals surface area contributed by atoms with Gasteiger partial charge in [0, 0.05) is 5.56 Å². The maximum atomic E-state index is 12.9. The Kier molecular flexibility index (Phi) is 7.30. The highest BCUT2D eigenvalue weighted by Gasteiger charge is 2.17. The molecule has 0 fully saturated rings. The summed E-state index contributed by atoms with van der Waals surface area (Å²) in [5.74, 6) is 0.662. The average Bonchev–Trinajstić information content (AvgIpc) is 3.11. The number of carbonyl (C=O) groups excluding carboxylic acids is 2. The van der Waals surface area contributed by atoms with Crippen LogP contribution in [0.4, 0.5) is 0 Å². The van der Waals surface area contributed by atoms with E-state index in [2.05, 4.69) is 4.99 Å². The molecule has 3 aromatic rings. The lowest BCUT2D eigenvalue weighted by Gasteiger charge is -2.09. The van der Waals surface area contributed by atoms with Crippen molar-refractivity contribution in [2.24, 2.45) is 4.99 Å². The minimum atomic E-state index is -0.469. The summed E-state index contributed by atoms with van der Waals surface area (Å²) in [5.41, 5.74) is 1.03. The Morgan fingerprint density at radius 2 is 1.77 bits per heavy atom. The molecule has 0 spiro atoms. The maximum absolute atomic E-state index is 12.9. The van der Waals surface area contributed by atoms with E-state index in [-0.39, 0.29) is 13.2 Å². The zero-order valence-electron chi connectivity index (χ0n) is 17.8. The Morgan fingerprint density at radius 1 is 1.00 bits per heavy atom. The highest BCUT2D eigenvalue weighted by Crippen LogP contribution is 2.29. The van der Waals surface area contributed by atoms with Crippen LogP contribution in [0.25, 0.3) is 10.2 Å². The van der Waals surface area contributed by atoms with E-state index in [0.717, 1.165) is 4.70 Å². The molecule has 0 aliphatic rings. The van der Waals surface area contributed by atoms with Gasteiger partial charge in [-0.05, 0) is 44.2 Å². The predicted octanol–water partition coefficient (Wildman–Crippen LogP) is 3.42. The van der Waals surface area contributed by atoms with E-state index in [4.69, 9.17) is 18.9 Å². The van der Waals surface area contributed by atoms with Crippen molar-refractivity contribution in [1.82, 2.24) is 4.57 Å². The molecule has 0 atom stereocenters. The standard InChI is InChI=1S/C22H24N2O6S/c1-5-29-16-8-7-9-18-20(16)24(13-19(25)30-6-2)22(31-18)23-21(26)14-10-11-15(27-3)17(12-14)28-4/h7-12H,5-6,13H2,1-4H3. The second-order valence-corrected chi connectivity index (χ2v) is 7.31. The van der Waals surface area contributed by atoms with E-state index < -0.39 is 11.9 Å².